The molecule has 0 bridgehead atoms. The number of rotatable bonds is 5. The fourth-order valence-electron chi connectivity index (χ4n) is 1.98. The van der Waals surface area contributed by atoms with Crippen molar-refractivity contribution in [1.29, 1.82) is 0 Å². The zero-order valence-electron chi connectivity index (χ0n) is 13.6. The van der Waals surface area contributed by atoms with E-state index in [1.807, 2.05) is 19.9 Å². The Morgan fingerprint density at radius 3 is 2.38 bits per heavy atom. The zero-order valence-corrected chi connectivity index (χ0v) is 13.6. The SMILES string of the molecule is CCOC(=O)CC(C(=O)OC(C)(C)C)n1nc(C)cc1C. The van der Waals surface area contributed by atoms with Crippen LogP contribution in [0.25, 0.3) is 0 Å². The van der Waals surface area contributed by atoms with Gasteiger partial charge in [0.05, 0.1) is 18.7 Å². The van der Waals surface area contributed by atoms with Crippen molar-refractivity contribution < 1.29 is 19.1 Å². The molecule has 118 valence electrons. The molecule has 21 heavy (non-hydrogen) atoms. The van der Waals surface area contributed by atoms with Gasteiger partial charge in [-0.2, -0.15) is 5.10 Å². The van der Waals surface area contributed by atoms with Crippen LogP contribution in [0.15, 0.2) is 6.07 Å². The summed E-state index contributed by atoms with van der Waals surface area (Å²) in [7, 11) is 0. The predicted molar refractivity (Wildman–Crippen MR) is 77.8 cm³/mol. The maximum absolute atomic E-state index is 12.4. The highest BCUT2D eigenvalue weighted by Crippen LogP contribution is 2.21. The Bertz CT molecular complexity index is 514. The summed E-state index contributed by atoms with van der Waals surface area (Å²) in [6, 6.07) is 1.04. The van der Waals surface area contributed by atoms with E-state index in [-0.39, 0.29) is 13.0 Å². The molecule has 1 aromatic heterocycles. The molecule has 0 N–H and O–H groups in total. The first-order chi connectivity index (χ1) is 9.64. The van der Waals surface area contributed by atoms with Crippen molar-refractivity contribution in [3.05, 3.63) is 17.5 Å². The van der Waals surface area contributed by atoms with E-state index in [2.05, 4.69) is 5.10 Å². The summed E-state index contributed by atoms with van der Waals surface area (Å²) in [5.74, 6) is -0.928. The molecule has 6 nitrogen and oxygen atoms in total. The van der Waals surface area contributed by atoms with Gasteiger partial charge in [-0.25, -0.2) is 4.79 Å². The predicted octanol–water partition coefficient (Wildman–Crippen LogP) is 2.34. The Morgan fingerprint density at radius 1 is 1.33 bits per heavy atom. The lowest BCUT2D eigenvalue weighted by Gasteiger charge is -2.24. The van der Waals surface area contributed by atoms with Gasteiger partial charge in [-0.1, -0.05) is 0 Å². The molecule has 1 heterocycles. The van der Waals surface area contributed by atoms with E-state index in [0.29, 0.717) is 0 Å². The summed E-state index contributed by atoms with van der Waals surface area (Å²) < 4.78 is 11.9. The Kier molecular flexibility index (Phi) is 5.52. The van der Waals surface area contributed by atoms with E-state index in [1.54, 1.807) is 27.7 Å². The first kappa shape index (κ1) is 17.2. The molecular weight excluding hydrogens is 272 g/mol. The lowest BCUT2D eigenvalue weighted by Crippen LogP contribution is -2.33. The van der Waals surface area contributed by atoms with Crippen molar-refractivity contribution in [2.24, 2.45) is 0 Å². The average molecular weight is 296 g/mol. The molecule has 0 aromatic carbocycles. The second-order valence-corrected chi connectivity index (χ2v) is 5.93. The van der Waals surface area contributed by atoms with Gasteiger partial charge in [0, 0.05) is 5.69 Å². The first-order valence-corrected chi connectivity index (χ1v) is 7.05. The zero-order chi connectivity index (χ0) is 16.2. The second kappa shape index (κ2) is 6.74. The van der Waals surface area contributed by atoms with Crippen LogP contribution in [0, 0.1) is 13.8 Å². The Labute approximate surface area is 125 Å². The number of aromatic nitrogens is 2. The van der Waals surface area contributed by atoms with Crippen molar-refractivity contribution in [2.75, 3.05) is 6.61 Å². The number of carbonyl (C=O) groups is 2. The third kappa shape index (κ3) is 5.21. The van der Waals surface area contributed by atoms with Crippen molar-refractivity contribution >= 4 is 11.9 Å². The minimum Gasteiger partial charge on any atom is -0.466 e. The monoisotopic (exact) mass is 296 g/mol. The highest BCUT2D eigenvalue weighted by Gasteiger charge is 2.31. The highest BCUT2D eigenvalue weighted by molar-refractivity contribution is 5.81. The van der Waals surface area contributed by atoms with Crippen LogP contribution in [0.1, 0.15) is 51.5 Å². The van der Waals surface area contributed by atoms with Gasteiger partial charge < -0.3 is 9.47 Å². The molecule has 0 spiro atoms. The maximum atomic E-state index is 12.4. The molecule has 0 aliphatic heterocycles. The molecule has 0 saturated carbocycles. The van der Waals surface area contributed by atoms with Crippen LogP contribution in [0.2, 0.25) is 0 Å². The quantitative estimate of drug-likeness (QED) is 0.780. The van der Waals surface area contributed by atoms with Crippen LogP contribution in [0.5, 0.6) is 0 Å². The molecule has 1 atom stereocenters. The number of nitrogens with zero attached hydrogens (tertiary/aromatic N) is 2. The van der Waals surface area contributed by atoms with E-state index in [4.69, 9.17) is 9.47 Å². The summed E-state index contributed by atoms with van der Waals surface area (Å²) in [5.41, 5.74) is 0.956. The average Bonchev–Trinajstić information content (AvgIpc) is 2.63. The molecule has 1 unspecified atom stereocenters. The van der Waals surface area contributed by atoms with Crippen LogP contribution >= 0.6 is 0 Å². The fraction of sp³-hybridized carbons (Fsp3) is 0.667. The van der Waals surface area contributed by atoms with Crippen molar-refractivity contribution in [3.8, 4) is 0 Å². The summed E-state index contributed by atoms with van der Waals surface area (Å²) in [4.78, 5) is 24.1. The van der Waals surface area contributed by atoms with Crippen molar-refractivity contribution in [2.45, 2.75) is 59.6 Å². The number of esters is 2. The minimum absolute atomic E-state index is 0.0925. The lowest BCUT2D eigenvalue weighted by molar-refractivity contribution is -0.163. The third-order valence-electron chi connectivity index (χ3n) is 2.68. The number of aryl methyl sites for hydroxylation is 2. The van der Waals surface area contributed by atoms with E-state index >= 15 is 0 Å². The molecule has 0 fully saturated rings. The molecule has 0 aliphatic carbocycles. The second-order valence-electron chi connectivity index (χ2n) is 5.93. The van der Waals surface area contributed by atoms with Crippen LogP contribution < -0.4 is 0 Å². The third-order valence-corrected chi connectivity index (χ3v) is 2.68. The molecule has 0 radical (unpaired) electrons. The number of hydrogen-bond donors (Lipinski definition) is 0. The maximum Gasteiger partial charge on any atom is 0.332 e. The smallest absolute Gasteiger partial charge is 0.332 e. The molecule has 1 aromatic rings. The van der Waals surface area contributed by atoms with Gasteiger partial charge in [0.25, 0.3) is 0 Å². The largest absolute Gasteiger partial charge is 0.466 e. The fourth-order valence-corrected chi connectivity index (χ4v) is 1.98. The van der Waals surface area contributed by atoms with E-state index < -0.39 is 23.6 Å². The van der Waals surface area contributed by atoms with Crippen LogP contribution in [-0.2, 0) is 19.1 Å². The van der Waals surface area contributed by atoms with Crippen LogP contribution in [0.3, 0.4) is 0 Å². The Morgan fingerprint density at radius 2 is 1.95 bits per heavy atom. The van der Waals surface area contributed by atoms with Gasteiger partial charge in [-0.15, -0.1) is 0 Å². The van der Waals surface area contributed by atoms with Gasteiger partial charge in [0.1, 0.15) is 5.60 Å². The van der Waals surface area contributed by atoms with Gasteiger partial charge in [-0.05, 0) is 47.6 Å². The van der Waals surface area contributed by atoms with Crippen LogP contribution in [-0.4, -0.2) is 33.9 Å². The van der Waals surface area contributed by atoms with Gasteiger partial charge in [0.15, 0.2) is 6.04 Å². The molecule has 0 saturated heterocycles. The summed E-state index contributed by atoms with van der Waals surface area (Å²) >= 11 is 0. The molecular formula is C15H24N2O4. The summed E-state index contributed by atoms with van der Waals surface area (Å²) in [6.07, 6.45) is -0.0925. The van der Waals surface area contributed by atoms with Gasteiger partial charge >= 0.3 is 11.9 Å². The first-order valence-electron chi connectivity index (χ1n) is 7.05. The topological polar surface area (TPSA) is 70.4 Å². The Balaban J connectivity index is 3.02. The molecule has 0 amide bonds. The van der Waals surface area contributed by atoms with E-state index in [1.165, 1.54) is 4.68 Å². The van der Waals surface area contributed by atoms with Crippen LogP contribution in [0.4, 0.5) is 0 Å². The lowest BCUT2D eigenvalue weighted by atomic mass is 10.1. The molecule has 6 heteroatoms. The van der Waals surface area contributed by atoms with Crippen molar-refractivity contribution in [1.82, 2.24) is 9.78 Å². The number of hydrogen-bond acceptors (Lipinski definition) is 5. The highest BCUT2D eigenvalue weighted by atomic mass is 16.6. The Hall–Kier alpha value is -1.85. The standard InChI is InChI=1S/C15H24N2O4/c1-7-20-13(18)9-12(14(19)21-15(4,5)6)17-11(3)8-10(2)16-17/h8,12H,7,9H2,1-6H3. The van der Waals surface area contributed by atoms with E-state index in [9.17, 15) is 9.59 Å². The summed E-state index contributed by atoms with van der Waals surface area (Å²) in [6.45, 7) is 11.0. The van der Waals surface area contributed by atoms with Crippen molar-refractivity contribution in [3.63, 3.8) is 0 Å². The van der Waals surface area contributed by atoms with Gasteiger partial charge in [-0.3, -0.25) is 9.48 Å². The van der Waals surface area contributed by atoms with E-state index in [0.717, 1.165) is 11.4 Å². The normalized spacial score (nSPS) is 12.9. The minimum atomic E-state index is -0.808. The molecule has 0 aliphatic rings. The molecule has 1 rings (SSSR count). The number of ether oxygens (including phenoxy) is 2. The summed E-state index contributed by atoms with van der Waals surface area (Å²) in [5, 5.41) is 4.28. The number of carbonyl (C=O) groups excluding carboxylic acids is 2. The van der Waals surface area contributed by atoms with Gasteiger partial charge in [0.2, 0.25) is 0 Å².